The van der Waals surface area contributed by atoms with Crippen molar-refractivity contribution in [2.75, 3.05) is 5.32 Å². The Balaban J connectivity index is 2.21. The maximum Gasteiger partial charge on any atom is 0.258 e. The van der Waals surface area contributed by atoms with E-state index in [1.54, 1.807) is 24.3 Å². The van der Waals surface area contributed by atoms with Crippen LogP contribution in [0.25, 0.3) is 0 Å². The van der Waals surface area contributed by atoms with Crippen LogP contribution in [-0.2, 0) is 0 Å². The third-order valence-corrected chi connectivity index (χ3v) is 2.70. The largest absolute Gasteiger partial charge is 0.322 e. The molecule has 0 radical (unpaired) electrons. The van der Waals surface area contributed by atoms with Crippen LogP contribution < -0.4 is 5.32 Å². The van der Waals surface area contributed by atoms with E-state index in [0.29, 0.717) is 11.3 Å². The first-order chi connectivity index (χ1) is 9.10. The van der Waals surface area contributed by atoms with Gasteiger partial charge in [-0.3, -0.25) is 4.79 Å². The molecule has 94 valence electrons. The zero-order valence-electron chi connectivity index (χ0n) is 9.39. The molecule has 0 bridgehead atoms. The number of anilines is 1. The van der Waals surface area contributed by atoms with Gasteiger partial charge in [0.05, 0.1) is 17.2 Å². The number of carbonyl (C=O) groups is 1. The van der Waals surface area contributed by atoms with Gasteiger partial charge in [0, 0.05) is 5.69 Å². The number of nitrogens with zero attached hydrogens (tertiary/aromatic N) is 3. The summed E-state index contributed by atoms with van der Waals surface area (Å²) in [5, 5.41) is 18.4. The fourth-order valence-electron chi connectivity index (χ4n) is 1.34. The van der Waals surface area contributed by atoms with Gasteiger partial charge in [0.2, 0.25) is 0 Å². The molecule has 19 heavy (non-hydrogen) atoms. The summed E-state index contributed by atoms with van der Waals surface area (Å²) in [5.41, 5.74) is 1.17. The van der Waals surface area contributed by atoms with Crippen LogP contribution in [0.3, 0.4) is 0 Å². The molecule has 0 unspecified atom stereocenters. The molecule has 1 N–H and O–H groups in total. The Morgan fingerprint density at radius 3 is 2.53 bits per heavy atom. The molecular formula is C12H6Cl2N4O. The van der Waals surface area contributed by atoms with Crippen molar-refractivity contribution < 1.29 is 4.79 Å². The van der Waals surface area contributed by atoms with E-state index in [9.17, 15) is 4.79 Å². The van der Waals surface area contributed by atoms with Crippen molar-refractivity contribution in [3.63, 3.8) is 0 Å². The number of hydrogen-bond donors (Lipinski definition) is 1. The van der Waals surface area contributed by atoms with E-state index in [-0.39, 0.29) is 15.9 Å². The second-order valence-corrected chi connectivity index (χ2v) is 4.26. The monoisotopic (exact) mass is 292 g/mol. The van der Waals surface area contributed by atoms with Crippen molar-refractivity contribution in [3.8, 4) is 6.07 Å². The molecule has 0 saturated carbocycles. The molecule has 0 aliphatic heterocycles. The molecular weight excluding hydrogens is 287 g/mol. The molecule has 5 nitrogen and oxygen atoms in total. The number of rotatable bonds is 2. The molecule has 0 spiro atoms. The predicted octanol–water partition coefficient (Wildman–Crippen LogP) is 2.91. The predicted molar refractivity (Wildman–Crippen MR) is 71.2 cm³/mol. The second-order valence-electron chi connectivity index (χ2n) is 3.51. The quantitative estimate of drug-likeness (QED) is 0.923. The summed E-state index contributed by atoms with van der Waals surface area (Å²) in [6, 6.07) is 9.72. The average Bonchev–Trinajstić information content (AvgIpc) is 2.42. The van der Waals surface area contributed by atoms with E-state index in [1.807, 2.05) is 6.07 Å². The number of amides is 1. The molecule has 1 aromatic heterocycles. The fraction of sp³-hybridized carbons (Fsp3) is 0. The van der Waals surface area contributed by atoms with E-state index in [4.69, 9.17) is 28.5 Å². The minimum Gasteiger partial charge on any atom is -0.322 e. The summed E-state index contributed by atoms with van der Waals surface area (Å²) in [6.45, 7) is 0. The van der Waals surface area contributed by atoms with E-state index < -0.39 is 5.91 Å². The third-order valence-electron chi connectivity index (χ3n) is 2.24. The summed E-state index contributed by atoms with van der Waals surface area (Å²) >= 11 is 11.4. The molecule has 2 aromatic rings. The first-order valence-electron chi connectivity index (χ1n) is 5.10. The van der Waals surface area contributed by atoms with Crippen LogP contribution in [0.1, 0.15) is 15.9 Å². The SMILES string of the molecule is N#Cc1ccc(NC(=O)c2cc(Cl)nnc2Cl)cc1. The molecule has 0 atom stereocenters. The molecule has 1 aromatic carbocycles. The lowest BCUT2D eigenvalue weighted by Gasteiger charge is -2.06. The summed E-state index contributed by atoms with van der Waals surface area (Å²) in [7, 11) is 0. The number of aromatic nitrogens is 2. The molecule has 0 aliphatic rings. The molecule has 2 rings (SSSR count). The van der Waals surface area contributed by atoms with Gasteiger partial charge in [-0.05, 0) is 30.3 Å². The van der Waals surface area contributed by atoms with E-state index in [0.717, 1.165) is 0 Å². The topological polar surface area (TPSA) is 78.7 Å². The van der Waals surface area contributed by atoms with Gasteiger partial charge in [-0.2, -0.15) is 5.26 Å². The number of halogens is 2. The maximum atomic E-state index is 12.0. The fourth-order valence-corrected chi connectivity index (χ4v) is 1.66. The van der Waals surface area contributed by atoms with Crippen LogP contribution in [0.4, 0.5) is 5.69 Å². The van der Waals surface area contributed by atoms with Crippen LogP contribution in [-0.4, -0.2) is 16.1 Å². The minimum absolute atomic E-state index is 0.0319. The molecule has 0 aliphatic carbocycles. The van der Waals surface area contributed by atoms with Gasteiger partial charge in [-0.1, -0.05) is 23.2 Å². The number of hydrogen-bond acceptors (Lipinski definition) is 4. The Kier molecular flexibility index (Phi) is 3.95. The molecule has 0 fully saturated rings. The highest BCUT2D eigenvalue weighted by Crippen LogP contribution is 2.17. The zero-order valence-corrected chi connectivity index (χ0v) is 10.9. The van der Waals surface area contributed by atoms with Crippen LogP contribution >= 0.6 is 23.2 Å². The zero-order chi connectivity index (χ0) is 13.8. The highest BCUT2D eigenvalue weighted by molar-refractivity contribution is 6.34. The van der Waals surface area contributed by atoms with Crippen molar-refractivity contribution in [1.29, 1.82) is 5.26 Å². The Hall–Kier alpha value is -2.16. The summed E-state index contributed by atoms with van der Waals surface area (Å²) in [5.74, 6) is -0.452. The minimum atomic E-state index is -0.452. The lowest BCUT2D eigenvalue weighted by Crippen LogP contribution is -2.13. The highest BCUT2D eigenvalue weighted by Gasteiger charge is 2.13. The maximum absolute atomic E-state index is 12.0. The average molecular weight is 293 g/mol. The summed E-state index contributed by atoms with van der Waals surface area (Å²) < 4.78 is 0. The van der Waals surface area contributed by atoms with Crippen molar-refractivity contribution in [3.05, 3.63) is 51.8 Å². The molecule has 7 heteroatoms. The number of nitriles is 1. The summed E-state index contributed by atoms with van der Waals surface area (Å²) in [4.78, 5) is 12.0. The smallest absolute Gasteiger partial charge is 0.258 e. The Bertz CT molecular complexity index is 664. The van der Waals surface area contributed by atoms with E-state index in [1.165, 1.54) is 6.07 Å². The number of benzene rings is 1. The van der Waals surface area contributed by atoms with Crippen LogP contribution in [0, 0.1) is 11.3 Å². The van der Waals surface area contributed by atoms with E-state index >= 15 is 0 Å². The van der Waals surface area contributed by atoms with Crippen molar-refractivity contribution in [1.82, 2.24) is 10.2 Å². The highest BCUT2D eigenvalue weighted by atomic mass is 35.5. The van der Waals surface area contributed by atoms with Crippen molar-refractivity contribution in [2.24, 2.45) is 0 Å². The Labute approximate surface area is 118 Å². The third kappa shape index (κ3) is 3.19. The number of carbonyl (C=O) groups excluding carboxylic acids is 1. The van der Waals surface area contributed by atoms with Gasteiger partial charge in [0.25, 0.3) is 5.91 Å². The first kappa shape index (κ1) is 13.3. The van der Waals surface area contributed by atoms with Crippen molar-refractivity contribution in [2.45, 2.75) is 0 Å². The first-order valence-corrected chi connectivity index (χ1v) is 5.86. The Morgan fingerprint density at radius 1 is 1.21 bits per heavy atom. The Morgan fingerprint density at radius 2 is 1.89 bits per heavy atom. The molecule has 1 heterocycles. The van der Waals surface area contributed by atoms with Gasteiger partial charge >= 0.3 is 0 Å². The summed E-state index contributed by atoms with van der Waals surface area (Å²) in [6.07, 6.45) is 0. The molecule has 1 amide bonds. The van der Waals surface area contributed by atoms with Gasteiger partial charge in [-0.15, -0.1) is 10.2 Å². The van der Waals surface area contributed by atoms with Gasteiger partial charge in [0.1, 0.15) is 0 Å². The van der Waals surface area contributed by atoms with Crippen LogP contribution in [0.2, 0.25) is 10.3 Å². The van der Waals surface area contributed by atoms with Gasteiger partial charge in [-0.25, -0.2) is 0 Å². The normalized spacial score (nSPS) is 9.74. The van der Waals surface area contributed by atoms with Gasteiger partial charge in [0.15, 0.2) is 10.3 Å². The lowest BCUT2D eigenvalue weighted by molar-refractivity contribution is 0.102. The van der Waals surface area contributed by atoms with Crippen molar-refractivity contribution >= 4 is 34.8 Å². The lowest BCUT2D eigenvalue weighted by atomic mass is 10.2. The van der Waals surface area contributed by atoms with E-state index in [2.05, 4.69) is 15.5 Å². The standard InChI is InChI=1S/C12H6Cl2N4O/c13-10-5-9(11(14)18-17-10)12(19)16-8-3-1-7(6-15)2-4-8/h1-5H,(H,16,19). The van der Waals surface area contributed by atoms with Crippen LogP contribution in [0.5, 0.6) is 0 Å². The second kappa shape index (κ2) is 5.65. The van der Waals surface area contributed by atoms with Gasteiger partial charge < -0.3 is 5.32 Å². The number of nitrogens with one attached hydrogen (secondary N) is 1. The molecule has 0 saturated heterocycles. The van der Waals surface area contributed by atoms with Crippen LogP contribution in [0.15, 0.2) is 30.3 Å².